The van der Waals surface area contributed by atoms with Crippen molar-refractivity contribution in [3.63, 3.8) is 0 Å². The van der Waals surface area contributed by atoms with Gasteiger partial charge in [0, 0.05) is 10.0 Å². The molecule has 2 unspecified atom stereocenters. The molecule has 1 aromatic carbocycles. The quantitative estimate of drug-likeness (QED) is 0.763. The van der Waals surface area contributed by atoms with E-state index in [4.69, 9.17) is 9.84 Å². The van der Waals surface area contributed by atoms with E-state index in [0.717, 1.165) is 4.47 Å². The average molecular weight is 277 g/mol. The van der Waals surface area contributed by atoms with Crippen LogP contribution in [0, 0.1) is 0 Å². The summed E-state index contributed by atoms with van der Waals surface area (Å²) in [6, 6.07) is 5.08. The summed E-state index contributed by atoms with van der Waals surface area (Å²) in [4.78, 5) is 0. The summed E-state index contributed by atoms with van der Waals surface area (Å²) in [5.41, 5.74) is 0.438. The molecule has 4 nitrogen and oxygen atoms in total. The van der Waals surface area contributed by atoms with Gasteiger partial charge in [-0.25, -0.2) is 0 Å². The van der Waals surface area contributed by atoms with Gasteiger partial charge in [0.15, 0.2) is 0 Å². The molecule has 3 N–H and O–H groups in total. The summed E-state index contributed by atoms with van der Waals surface area (Å²) in [6.45, 7) is -0.503. The smallest absolute Gasteiger partial charge is 0.124 e. The molecule has 2 atom stereocenters. The number of hydrogen-bond donors (Lipinski definition) is 3. The van der Waals surface area contributed by atoms with Gasteiger partial charge < -0.3 is 20.1 Å². The average Bonchev–Trinajstić information content (AvgIpc) is 2.27. The molecule has 0 amide bonds. The lowest BCUT2D eigenvalue weighted by Crippen LogP contribution is -2.22. The van der Waals surface area contributed by atoms with E-state index in [1.54, 1.807) is 18.2 Å². The molecule has 1 aromatic rings. The number of aliphatic hydroxyl groups is 3. The van der Waals surface area contributed by atoms with Crippen molar-refractivity contribution in [3.8, 4) is 5.75 Å². The van der Waals surface area contributed by atoms with Crippen molar-refractivity contribution in [3.05, 3.63) is 28.2 Å². The van der Waals surface area contributed by atoms with Gasteiger partial charge in [-0.3, -0.25) is 0 Å². The Labute approximate surface area is 96.3 Å². The molecule has 0 aliphatic heterocycles. The first kappa shape index (κ1) is 12.4. The largest absolute Gasteiger partial charge is 0.496 e. The maximum atomic E-state index is 9.71. The SMILES string of the molecule is COc1ccc(Br)cc1C(O)C(O)CO. The van der Waals surface area contributed by atoms with Crippen molar-refractivity contribution in [2.24, 2.45) is 0 Å². The van der Waals surface area contributed by atoms with Crippen LogP contribution in [-0.2, 0) is 0 Å². The van der Waals surface area contributed by atoms with E-state index in [-0.39, 0.29) is 0 Å². The van der Waals surface area contributed by atoms with E-state index >= 15 is 0 Å². The molecular formula is C10H13BrO4. The summed E-state index contributed by atoms with van der Waals surface area (Å²) in [7, 11) is 1.48. The third-order valence-electron chi connectivity index (χ3n) is 2.06. The zero-order chi connectivity index (χ0) is 11.4. The number of hydrogen-bond acceptors (Lipinski definition) is 4. The van der Waals surface area contributed by atoms with Crippen molar-refractivity contribution in [1.82, 2.24) is 0 Å². The van der Waals surface area contributed by atoms with Gasteiger partial charge in [-0.2, -0.15) is 0 Å². The van der Waals surface area contributed by atoms with Crippen LogP contribution in [-0.4, -0.2) is 35.1 Å². The molecule has 0 aliphatic carbocycles. The molecule has 0 bridgehead atoms. The standard InChI is InChI=1S/C10H13BrO4/c1-15-9-3-2-6(11)4-7(9)10(14)8(13)5-12/h2-4,8,10,12-14H,5H2,1H3. The Kier molecular flexibility index (Phi) is 4.53. The monoisotopic (exact) mass is 276 g/mol. The fraction of sp³-hybridized carbons (Fsp3) is 0.400. The van der Waals surface area contributed by atoms with Crippen LogP contribution in [0.15, 0.2) is 22.7 Å². The molecule has 0 saturated heterocycles. The first-order valence-corrected chi connectivity index (χ1v) is 5.20. The number of methoxy groups -OCH3 is 1. The summed E-state index contributed by atoms with van der Waals surface area (Å²) in [5, 5.41) is 27.8. The maximum Gasteiger partial charge on any atom is 0.124 e. The molecule has 15 heavy (non-hydrogen) atoms. The van der Waals surface area contributed by atoms with Crippen LogP contribution in [0.4, 0.5) is 0 Å². The molecule has 0 aliphatic rings. The number of ether oxygens (including phenoxy) is 1. The van der Waals surface area contributed by atoms with E-state index in [0.29, 0.717) is 11.3 Å². The summed E-state index contributed by atoms with van der Waals surface area (Å²) in [5.74, 6) is 0.471. The molecule has 0 aromatic heterocycles. The molecule has 0 radical (unpaired) electrons. The summed E-state index contributed by atoms with van der Waals surface area (Å²) < 4.78 is 5.81. The van der Waals surface area contributed by atoms with Gasteiger partial charge in [0.25, 0.3) is 0 Å². The summed E-state index contributed by atoms with van der Waals surface area (Å²) >= 11 is 3.25. The highest BCUT2D eigenvalue weighted by Gasteiger charge is 2.21. The van der Waals surface area contributed by atoms with Crippen LogP contribution < -0.4 is 4.74 Å². The molecular weight excluding hydrogens is 264 g/mol. The lowest BCUT2D eigenvalue weighted by atomic mass is 10.0. The van der Waals surface area contributed by atoms with Gasteiger partial charge in [-0.1, -0.05) is 15.9 Å². The van der Waals surface area contributed by atoms with E-state index in [1.165, 1.54) is 7.11 Å². The fourth-order valence-electron chi connectivity index (χ4n) is 1.24. The van der Waals surface area contributed by atoms with Gasteiger partial charge in [0.2, 0.25) is 0 Å². The molecule has 0 spiro atoms. The van der Waals surface area contributed by atoms with Crippen molar-refractivity contribution in [2.45, 2.75) is 12.2 Å². The Morgan fingerprint density at radius 1 is 1.40 bits per heavy atom. The lowest BCUT2D eigenvalue weighted by Gasteiger charge is -2.18. The first-order valence-electron chi connectivity index (χ1n) is 4.40. The Morgan fingerprint density at radius 2 is 2.07 bits per heavy atom. The topological polar surface area (TPSA) is 69.9 Å². The highest BCUT2D eigenvalue weighted by molar-refractivity contribution is 9.10. The third kappa shape index (κ3) is 2.92. The molecule has 5 heteroatoms. The minimum absolute atomic E-state index is 0.438. The van der Waals surface area contributed by atoms with Crippen molar-refractivity contribution in [1.29, 1.82) is 0 Å². The molecule has 0 fully saturated rings. The second-order valence-corrected chi connectivity index (χ2v) is 4.00. The Bertz CT molecular complexity index is 329. The lowest BCUT2D eigenvalue weighted by molar-refractivity contribution is -0.0162. The molecule has 0 saturated carbocycles. The first-order chi connectivity index (χ1) is 7.10. The minimum Gasteiger partial charge on any atom is -0.496 e. The van der Waals surface area contributed by atoms with E-state index < -0.39 is 18.8 Å². The Hall–Kier alpha value is -0.620. The second-order valence-electron chi connectivity index (χ2n) is 3.08. The van der Waals surface area contributed by atoms with Crippen LogP contribution in [0.2, 0.25) is 0 Å². The molecule has 1 rings (SSSR count). The zero-order valence-electron chi connectivity index (χ0n) is 8.22. The molecule has 84 valence electrons. The van der Waals surface area contributed by atoms with Crippen molar-refractivity contribution < 1.29 is 20.1 Å². The zero-order valence-corrected chi connectivity index (χ0v) is 9.81. The predicted octanol–water partition coefficient (Wildman–Crippen LogP) is 0.844. The van der Waals surface area contributed by atoms with Crippen molar-refractivity contribution in [2.75, 3.05) is 13.7 Å². The Morgan fingerprint density at radius 3 is 2.60 bits per heavy atom. The summed E-state index contributed by atoms with van der Waals surface area (Å²) in [6.07, 6.45) is -2.38. The number of halogens is 1. The number of aliphatic hydroxyl groups excluding tert-OH is 3. The van der Waals surface area contributed by atoms with Crippen LogP contribution in [0.25, 0.3) is 0 Å². The van der Waals surface area contributed by atoms with Gasteiger partial charge in [-0.05, 0) is 18.2 Å². The normalized spacial score (nSPS) is 14.7. The number of rotatable bonds is 4. The van der Waals surface area contributed by atoms with Crippen LogP contribution in [0.5, 0.6) is 5.75 Å². The van der Waals surface area contributed by atoms with Gasteiger partial charge in [0.1, 0.15) is 18.0 Å². The predicted molar refractivity (Wildman–Crippen MR) is 58.7 cm³/mol. The van der Waals surface area contributed by atoms with Crippen LogP contribution in [0.3, 0.4) is 0 Å². The fourth-order valence-corrected chi connectivity index (χ4v) is 1.62. The van der Waals surface area contributed by atoms with Crippen LogP contribution in [0.1, 0.15) is 11.7 Å². The van der Waals surface area contributed by atoms with Gasteiger partial charge in [-0.15, -0.1) is 0 Å². The van der Waals surface area contributed by atoms with E-state index in [2.05, 4.69) is 15.9 Å². The van der Waals surface area contributed by atoms with Crippen molar-refractivity contribution >= 4 is 15.9 Å². The Balaban J connectivity index is 3.05. The minimum atomic E-state index is -1.21. The number of benzene rings is 1. The van der Waals surface area contributed by atoms with Crippen LogP contribution >= 0.6 is 15.9 Å². The molecule has 0 heterocycles. The van der Waals surface area contributed by atoms with E-state index in [1.807, 2.05) is 0 Å². The van der Waals surface area contributed by atoms with Gasteiger partial charge in [0.05, 0.1) is 13.7 Å². The second kappa shape index (κ2) is 5.46. The highest BCUT2D eigenvalue weighted by Crippen LogP contribution is 2.30. The highest BCUT2D eigenvalue weighted by atomic mass is 79.9. The van der Waals surface area contributed by atoms with E-state index in [9.17, 15) is 10.2 Å². The van der Waals surface area contributed by atoms with Gasteiger partial charge >= 0.3 is 0 Å². The maximum absolute atomic E-state index is 9.71. The third-order valence-corrected chi connectivity index (χ3v) is 2.56.